The fourth-order valence-corrected chi connectivity index (χ4v) is 2.53. The van der Waals surface area contributed by atoms with Crippen LogP contribution in [-0.2, 0) is 16.1 Å². The minimum absolute atomic E-state index is 0.155. The maximum absolute atomic E-state index is 11.9. The summed E-state index contributed by atoms with van der Waals surface area (Å²) >= 11 is 0. The molecule has 2 aromatic carbocycles. The van der Waals surface area contributed by atoms with Crippen molar-refractivity contribution in [3.63, 3.8) is 0 Å². The van der Waals surface area contributed by atoms with Gasteiger partial charge in [-0.25, -0.2) is 0 Å². The van der Waals surface area contributed by atoms with Gasteiger partial charge in [-0.05, 0) is 49.2 Å². The molecule has 0 spiro atoms. The zero-order valence-corrected chi connectivity index (χ0v) is 15.0. The third kappa shape index (κ3) is 4.53. The molecule has 2 aromatic rings. The van der Waals surface area contributed by atoms with Gasteiger partial charge in [0.1, 0.15) is 13.2 Å². The average molecular weight is 354 g/mol. The number of hydrogen-bond donors (Lipinski definition) is 1. The number of anilines is 1. The highest BCUT2D eigenvalue weighted by Crippen LogP contribution is 2.30. The van der Waals surface area contributed by atoms with Crippen molar-refractivity contribution in [2.45, 2.75) is 20.3 Å². The Hall–Kier alpha value is -3.02. The van der Waals surface area contributed by atoms with Crippen LogP contribution in [0.4, 0.5) is 5.69 Å². The third-order valence-electron chi connectivity index (χ3n) is 4.00. The van der Waals surface area contributed by atoms with Crippen LogP contribution in [0.15, 0.2) is 47.6 Å². The average Bonchev–Trinajstić information content (AvgIpc) is 2.68. The van der Waals surface area contributed by atoms with E-state index in [-0.39, 0.29) is 12.5 Å². The standard InChI is InChI=1S/C20H22N2O4/c1-3-15-4-7-17(8-5-15)21-20(23)13-26-22-14(2)16-6-9-18-19(12-16)25-11-10-24-18/h4-9,12H,3,10-11,13H2,1-2H3,(H,21,23)/b22-14-. The Bertz CT molecular complexity index is 800. The molecule has 0 saturated heterocycles. The SMILES string of the molecule is CCc1ccc(NC(=O)CO/N=C(/C)c2ccc3c(c2)OCCO3)cc1. The molecule has 6 heteroatoms. The van der Waals surface area contributed by atoms with Crippen LogP contribution in [0.5, 0.6) is 11.5 Å². The predicted octanol–water partition coefficient (Wildman–Crippen LogP) is 3.40. The largest absolute Gasteiger partial charge is 0.486 e. The van der Waals surface area contributed by atoms with Gasteiger partial charge < -0.3 is 19.6 Å². The molecular formula is C20H22N2O4. The number of carbonyl (C=O) groups excluding carboxylic acids is 1. The van der Waals surface area contributed by atoms with E-state index in [4.69, 9.17) is 14.3 Å². The molecule has 0 atom stereocenters. The lowest BCUT2D eigenvalue weighted by molar-refractivity contribution is -0.120. The minimum Gasteiger partial charge on any atom is -0.486 e. The van der Waals surface area contributed by atoms with Gasteiger partial charge in [0.25, 0.3) is 5.91 Å². The van der Waals surface area contributed by atoms with E-state index in [2.05, 4.69) is 17.4 Å². The molecular weight excluding hydrogens is 332 g/mol. The van der Waals surface area contributed by atoms with E-state index in [0.29, 0.717) is 24.7 Å². The number of nitrogens with zero attached hydrogens (tertiary/aromatic N) is 1. The Morgan fingerprint density at radius 3 is 2.58 bits per heavy atom. The van der Waals surface area contributed by atoms with Gasteiger partial charge in [0.05, 0.1) is 5.71 Å². The Labute approximate surface area is 152 Å². The third-order valence-corrected chi connectivity index (χ3v) is 4.00. The molecule has 1 aliphatic rings. The monoisotopic (exact) mass is 354 g/mol. The lowest BCUT2D eigenvalue weighted by Gasteiger charge is -2.18. The van der Waals surface area contributed by atoms with Crippen molar-refractivity contribution in [1.29, 1.82) is 0 Å². The van der Waals surface area contributed by atoms with Crippen LogP contribution in [0, 0.1) is 0 Å². The number of oxime groups is 1. The summed E-state index contributed by atoms with van der Waals surface area (Å²) in [6.07, 6.45) is 0.963. The molecule has 1 heterocycles. The molecule has 0 bridgehead atoms. The first kappa shape index (κ1) is 17.8. The molecule has 1 N–H and O–H groups in total. The van der Waals surface area contributed by atoms with Crippen LogP contribution < -0.4 is 14.8 Å². The summed E-state index contributed by atoms with van der Waals surface area (Å²) in [7, 11) is 0. The molecule has 3 rings (SSSR count). The number of rotatable bonds is 6. The van der Waals surface area contributed by atoms with Crippen molar-refractivity contribution in [1.82, 2.24) is 0 Å². The lowest BCUT2D eigenvalue weighted by Crippen LogP contribution is -2.17. The maximum Gasteiger partial charge on any atom is 0.265 e. The molecule has 0 aromatic heterocycles. The van der Waals surface area contributed by atoms with E-state index in [1.807, 2.05) is 49.4 Å². The molecule has 6 nitrogen and oxygen atoms in total. The molecule has 0 aliphatic carbocycles. The Balaban J connectivity index is 1.53. The van der Waals surface area contributed by atoms with E-state index in [1.165, 1.54) is 5.56 Å². The number of amides is 1. The zero-order chi connectivity index (χ0) is 18.4. The number of carbonyl (C=O) groups is 1. The number of aryl methyl sites for hydroxylation is 1. The predicted molar refractivity (Wildman–Crippen MR) is 100 cm³/mol. The molecule has 136 valence electrons. The van der Waals surface area contributed by atoms with Gasteiger partial charge in [0, 0.05) is 11.3 Å². The second kappa shape index (κ2) is 8.38. The van der Waals surface area contributed by atoms with Crippen molar-refractivity contribution >= 4 is 17.3 Å². The molecule has 26 heavy (non-hydrogen) atoms. The first-order valence-corrected chi connectivity index (χ1v) is 8.61. The number of benzene rings is 2. The van der Waals surface area contributed by atoms with Gasteiger partial charge in [-0.2, -0.15) is 0 Å². The Kier molecular flexibility index (Phi) is 5.73. The summed E-state index contributed by atoms with van der Waals surface area (Å²) in [5, 5.41) is 6.79. The zero-order valence-electron chi connectivity index (χ0n) is 15.0. The summed E-state index contributed by atoms with van der Waals surface area (Å²) in [4.78, 5) is 17.1. The van der Waals surface area contributed by atoms with Gasteiger partial charge >= 0.3 is 0 Å². The highest BCUT2D eigenvalue weighted by Gasteiger charge is 2.13. The van der Waals surface area contributed by atoms with Crippen molar-refractivity contribution in [3.8, 4) is 11.5 Å². The van der Waals surface area contributed by atoms with Gasteiger partial charge in [-0.1, -0.05) is 24.2 Å². The van der Waals surface area contributed by atoms with Gasteiger partial charge in [0.15, 0.2) is 18.1 Å². The van der Waals surface area contributed by atoms with Gasteiger partial charge in [-0.15, -0.1) is 0 Å². The molecule has 0 fully saturated rings. The van der Waals surface area contributed by atoms with Crippen LogP contribution in [0.2, 0.25) is 0 Å². The van der Waals surface area contributed by atoms with Crippen LogP contribution in [0.3, 0.4) is 0 Å². The van der Waals surface area contributed by atoms with Gasteiger partial charge in [-0.3, -0.25) is 4.79 Å². The summed E-state index contributed by atoms with van der Waals surface area (Å²) in [6.45, 7) is 4.83. The highest BCUT2D eigenvalue weighted by molar-refractivity contribution is 5.99. The second-order valence-corrected chi connectivity index (χ2v) is 5.91. The summed E-state index contributed by atoms with van der Waals surface area (Å²) in [5.41, 5.74) is 3.47. The number of hydrogen-bond acceptors (Lipinski definition) is 5. The molecule has 0 unspecified atom stereocenters. The Morgan fingerprint density at radius 1 is 1.12 bits per heavy atom. The van der Waals surface area contributed by atoms with Crippen LogP contribution in [0.25, 0.3) is 0 Å². The summed E-state index contributed by atoms with van der Waals surface area (Å²) in [6, 6.07) is 13.3. The summed E-state index contributed by atoms with van der Waals surface area (Å²) < 4.78 is 11.0. The molecule has 1 aliphatic heterocycles. The van der Waals surface area contributed by atoms with Crippen molar-refractivity contribution < 1.29 is 19.1 Å². The Morgan fingerprint density at radius 2 is 1.85 bits per heavy atom. The maximum atomic E-state index is 11.9. The van der Waals surface area contributed by atoms with Crippen molar-refractivity contribution in [2.75, 3.05) is 25.1 Å². The van der Waals surface area contributed by atoms with E-state index in [9.17, 15) is 4.79 Å². The quantitative estimate of drug-likeness (QED) is 0.638. The number of ether oxygens (including phenoxy) is 2. The van der Waals surface area contributed by atoms with E-state index in [1.54, 1.807) is 0 Å². The minimum atomic E-state index is -0.257. The van der Waals surface area contributed by atoms with Crippen molar-refractivity contribution in [3.05, 3.63) is 53.6 Å². The molecule has 0 radical (unpaired) electrons. The smallest absolute Gasteiger partial charge is 0.265 e. The first-order chi connectivity index (χ1) is 12.7. The van der Waals surface area contributed by atoms with Crippen LogP contribution in [0.1, 0.15) is 25.0 Å². The van der Waals surface area contributed by atoms with Gasteiger partial charge in [0.2, 0.25) is 0 Å². The normalized spacial score (nSPS) is 13.2. The first-order valence-electron chi connectivity index (χ1n) is 8.61. The van der Waals surface area contributed by atoms with Crippen LogP contribution >= 0.6 is 0 Å². The topological polar surface area (TPSA) is 69.2 Å². The highest BCUT2D eigenvalue weighted by atomic mass is 16.6. The second-order valence-electron chi connectivity index (χ2n) is 5.91. The number of nitrogens with one attached hydrogen (secondary N) is 1. The number of fused-ring (bicyclic) bond motifs is 1. The fourth-order valence-electron chi connectivity index (χ4n) is 2.53. The van der Waals surface area contributed by atoms with E-state index < -0.39 is 0 Å². The van der Waals surface area contributed by atoms with Crippen molar-refractivity contribution in [2.24, 2.45) is 5.16 Å². The summed E-state index contributed by atoms with van der Waals surface area (Å²) in [5.74, 6) is 1.16. The van der Waals surface area contributed by atoms with Crippen LogP contribution in [-0.4, -0.2) is 31.4 Å². The fraction of sp³-hybridized carbons (Fsp3) is 0.300. The van der Waals surface area contributed by atoms with E-state index in [0.717, 1.165) is 23.4 Å². The molecule has 0 saturated carbocycles. The lowest BCUT2D eigenvalue weighted by atomic mass is 10.1. The molecule has 1 amide bonds. The van der Waals surface area contributed by atoms with E-state index >= 15 is 0 Å².